The molecule has 0 N–H and O–H groups in total. The van der Waals surface area contributed by atoms with Crippen molar-refractivity contribution in [2.75, 3.05) is 0 Å². The molecular weight excluding hydrogens is 506 g/mol. The molecule has 3 rings (SSSR count). The topological polar surface area (TPSA) is 38.7 Å². The third kappa shape index (κ3) is 5.45. The molecule has 0 bridgehead atoms. The Morgan fingerprint density at radius 1 is 0.783 bits per heavy atom. The van der Waals surface area contributed by atoms with E-state index >= 15 is 0 Å². The number of aromatic nitrogens is 3. The molecule has 0 aliphatic heterocycles. The Bertz CT molecular complexity index is 818. The third-order valence-corrected chi connectivity index (χ3v) is 5.96. The molecule has 0 saturated heterocycles. The van der Waals surface area contributed by atoms with Gasteiger partial charge in [-0.3, -0.25) is 4.98 Å². The normalized spacial score (nSPS) is 10.2. The molecule has 0 unspecified atom stereocenters. The van der Waals surface area contributed by atoms with Crippen LogP contribution in [-0.4, -0.2) is 15.0 Å². The second-order valence-electron chi connectivity index (χ2n) is 4.82. The quantitative estimate of drug-likeness (QED) is 0.344. The van der Waals surface area contributed by atoms with Gasteiger partial charge in [0.2, 0.25) is 0 Å². The van der Waals surface area contributed by atoms with Crippen LogP contribution in [0.25, 0.3) is 10.6 Å². The van der Waals surface area contributed by atoms with Crippen molar-refractivity contribution in [2.24, 2.45) is 0 Å². The summed E-state index contributed by atoms with van der Waals surface area (Å²) in [5, 5.41) is 1.07. The van der Waals surface area contributed by atoms with Crippen molar-refractivity contribution in [3.63, 3.8) is 0 Å². The van der Waals surface area contributed by atoms with E-state index in [2.05, 4.69) is 75.7 Å². The van der Waals surface area contributed by atoms with Crippen molar-refractivity contribution in [3.05, 3.63) is 60.4 Å². The number of hydrogen-bond acceptors (Lipinski definition) is 4. The summed E-state index contributed by atoms with van der Waals surface area (Å²) in [6.45, 7) is 6.08. The summed E-state index contributed by atoms with van der Waals surface area (Å²) in [7, 11) is 0. The first-order valence-corrected chi connectivity index (χ1v) is 9.89. The van der Waals surface area contributed by atoms with Crippen LogP contribution in [0.3, 0.4) is 0 Å². The third-order valence-electron chi connectivity index (χ3n) is 2.93. The standard InChI is InChI=1S/C10H9BrN2S.C6H5Br2N/c1-6-3-9(13-4-8(6)11)10-5-12-7(2)14-10;1-4-2-6(8)9-3-5(4)7/h3-5H,1-2H3;2-3H,1H3. The van der Waals surface area contributed by atoms with Crippen molar-refractivity contribution < 1.29 is 0 Å². The minimum absolute atomic E-state index is 0.878. The number of halogens is 3. The Morgan fingerprint density at radius 2 is 1.39 bits per heavy atom. The van der Waals surface area contributed by atoms with Gasteiger partial charge in [0.15, 0.2) is 0 Å². The van der Waals surface area contributed by atoms with Crippen LogP contribution in [0.15, 0.2) is 44.3 Å². The first-order chi connectivity index (χ1) is 10.9. The Hall–Kier alpha value is -0.630. The van der Waals surface area contributed by atoms with E-state index in [0.717, 1.165) is 29.1 Å². The van der Waals surface area contributed by atoms with E-state index in [0.29, 0.717) is 0 Å². The Balaban J connectivity index is 0.000000185. The van der Waals surface area contributed by atoms with E-state index in [-0.39, 0.29) is 0 Å². The molecule has 120 valence electrons. The molecule has 3 nitrogen and oxygen atoms in total. The molecule has 0 aliphatic carbocycles. The molecule has 0 amide bonds. The lowest BCUT2D eigenvalue weighted by atomic mass is 10.2. The zero-order chi connectivity index (χ0) is 17.0. The highest BCUT2D eigenvalue weighted by Gasteiger charge is 2.04. The maximum Gasteiger partial charge on any atom is 0.106 e. The van der Waals surface area contributed by atoms with Gasteiger partial charge in [0.25, 0.3) is 0 Å². The van der Waals surface area contributed by atoms with Gasteiger partial charge in [-0.1, -0.05) is 0 Å². The molecule has 0 aromatic carbocycles. The predicted octanol–water partition coefficient (Wildman–Crippen LogP) is 6.50. The average molecular weight is 520 g/mol. The molecule has 0 fully saturated rings. The van der Waals surface area contributed by atoms with Gasteiger partial charge in [0, 0.05) is 27.5 Å². The highest BCUT2D eigenvalue weighted by molar-refractivity contribution is 9.11. The van der Waals surface area contributed by atoms with Crippen LogP contribution >= 0.6 is 59.1 Å². The van der Waals surface area contributed by atoms with Crippen LogP contribution in [0, 0.1) is 20.8 Å². The van der Waals surface area contributed by atoms with Crippen LogP contribution in [0.1, 0.15) is 16.1 Å². The SMILES string of the molecule is Cc1cc(Br)ncc1Br.Cc1ncc(-c2cc(C)c(Br)cn2)s1. The number of pyridine rings is 2. The van der Waals surface area contributed by atoms with E-state index in [4.69, 9.17) is 0 Å². The van der Waals surface area contributed by atoms with Gasteiger partial charge in [0.1, 0.15) is 4.60 Å². The second-order valence-corrected chi connectivity index (χ2v) is 8.57. The first kappa shape index (κ1) is 18.7. The first-order valence-electron chi connectivity index (χ1n) is 6.69. The summed E-state index contributed by atoms with van der Waals surface area (Å²) in [4.78, 5) is 13.7. The molecule has 0 radical (unpaired) electrons. The van der Waals surface area contributed by atoms with Crippen LogP contribution in [0.4, 0.5) is 0 Å². The summed E-state index contributed by atoms with van der Waals surface area (Å²) in [6.07, 6.45) is 5.48. The highest BCUT2D eigenvalue weighted by atomic mass is 79.9. The van der Waals surface area contributed by atoms with Gasteiger partial charge in [-0.05, 0) is 91.8 Å². The summed E-state index contributed by atoms with van der Waals surface area (Å²) >= 11 is 11.7. The van der Waals surface area contributed by atoms with Crippen molar-refractivity contribution >= 4 is 59.1 Å². The second kappa shape index (κ2) is 8.46. The fourth-order valence-electron chi connectivity index (χ4n) is 1.66. The highest BCUT2D eigenvalue weighted by Crippen LogP contribution is 2.26. The number of aryl methyl sites for hydroxylation is 3. The zero-order valence-corrected chi connectivity index (χ0v) is 18.3. The molecule has 3 aromatic rings. The largest absolute Gasteiger partial charge is 0.254 e. The Labute approximate surface area is 165 Å². The van der Waals surface area contributed by atoms with Crippen LogP contribution in [0.5, 0.6) is 0 Å². The van der Waals surface area contributed by atoms with Crippen molar-refractivity contribution in [3.8, 4) is 10.6 Å². The molecule has 3 aromatic heterocycles. The Kier molecular flexibility index (Phi) is 6.88. The number of rotatable bonds is 1. The minimum Gasteiger partial charge on any atom is -0.254 e. The fraction of sp³-hybridized carbons (Fsp3) is 0.188. The summed E-state index contributed by atoms with van der Waals surface area (Å²) in [6, 6.07) is 4.03. The van der Waals surface area contributed by atoms with Gasteiger partial charge in [-0.25, -0.2) is 9.97 Å². The van der Waals surface area contributed by atoms with E-state index in [1.54, 1.807) is 17.5 Å². The zero-order valence-electron chi connectivity index (χ0n) is 12.8. The van der Waals surface area contributed by atoms with E-state index in [1.165, 1.54) is 11.1 Å². The van der Waals surface area contributed by atoms with Crippen molar-refractivity contribution in [1.29, 1.82) is 0 Å². The van der Waals surface area contributed by atoms with E-state index < -0.39 is 0 Å². The predicted molar refractivity (Wildman–Crippen MR) is 107 cm³/mol. The molecule has 0 spiro atoms. The summed E-state index contributed by atoms with van der Waals surface area (Å²) in [5.74, 6) is 0. The van der Waals surface area contributed by atoms with E-state index in [1.807, 2.05) is 32.3 Å². The fourth-order valence-corrected chi connectivity index (χ4v) is 3.28. The number of nitrogens with zero attached hydrogens (tertiary/aromatic N) is 3. The van der Waals surface area contributed by atoms with Crippen molar-refractivity contribution in [2.45, 2.75) is 20.8 Å². The maximum absolute atomic E-state index is 4.35. The van der Waals surface area contributed by atoms with Crippen LogP contribution < -0.4 is 0 Å². The molecule has 7 heteroatoms. The minimum atomic E-state index is 0.878. The lowest BCUT2D eigenvalue weighted by Gasteiger charge is -1.99. The monoisotopic (exact) mass is 517 g/mol. The van der Waals surface area contributed by atoms with E-state index in [9.17, 15) is 0 Å². The van der Waals surface area contributed by atoms with Crippen LogP contribution in [-0.2, 0) is 0 Å². The number of hydrogen-bond donors (Lipinski definition) is 0. The summed E-state index contributed by atoms with van der Waals surface area (Å²) < 4.78 is 2.97. The lowest BCUT2D eigenvalue weighted by Crippen LogP contribution is -1.83. The Morgan fingerprint density at radius 3 is 1.87 bits per heavy atom. The van der Waals surface area contributed by atoms with Gasteiger partial charge < -0.3 is 0 Å². The van der Waals surface area contributed by atoms with Crippen LogP contribution in [0.2, 0.25) is 0 Å². The smallest absolute Gasteiger partial charge is 0.106 e. The molecule has 0 saturated carbocycles. The van der Waals surface area contributed by atoms with Gasteiger partial charge in [0.05, 0.1) is 15.6 Å². The maximum atomic E-state index is 4.35. The van der Waals surface area contributed by atoms with Gasteiger partial charge in [-0.15, -0.1) is 11.3 Å². The number of thiazole rings is 1. The van der Waals surface area contributed by atoms with Gasteiger partial charge >= 0.3 is 0 Å². The lowest BCUT2D eigenvalue weighted by molar-refractivity contribution is 1.22. The summed E-state index contributed by atoms with van der Waals surface area (Å²) in [5.41, 5.74) is 3.38. The molecule has 0 aliphatic rings. The van der Waals surface area contributed by atoms with Gasteiger partial charge in [-0.2, -0.15) is 0 Å². The molecular formula is C16H14Br3N3S. The molecule has 3 heterocycles. The van der Waals surface area contributed by atoms with Crippen molar-refractivity contribution in [1.82, 2.24) is 15.0 Å². The molecule has 0 atom stereocenters. The molecule has 23 heavy (non-hydrogen) atoms. The average Bonchev–Trinajstić information content (AvgIpc) is 2.93.